The molecule has 2 N–H and O–H groups in total. The van der Waals surface area contributed by atoms with Crippen molar-refractivity contribution in [1.82, 2.24) is 9.13 Å². The highest BCUT2D eigenvalue weighted by molar-refractivity contribution is 4.91. The molecule has 0 unspecified atom stereocenters. The Morgan fingerprint density at radius 3 is 1.75 bits per heavy atom. The molecule has 0 fully saturated rings. The highest BCUT2D eigenvalue weighted by atomic mass is 14.9. The van der Waals surface area contributed by atoms with E-state index in [-0.39, 0.29) is 0 Å². The van der Waals surface area contributed by atoms with Gasteiger partial charge in [0.1, 0.15) is 0 Å². The van der Waals surface area contributed by atoms with Crippen LogP contribution in [0.1, 0.15) is 26.7 Å². The van der Waals surface area contributed by atoms with Crippen LogP contribution in [-0.4, -0.2) is 15.7 Å². The van der Waals surface area contributed by atoms with Crippen molar-refractivity contribution in [3.8, 4) is 6.07 Å². The third kappa shape index (κ3) is 9.01. The van der Waals surface area contributed by atoms with E-state index in [4.69, 9.17) is 11.0 Å². The lowest BCUT2D eigenvalue weighted by Gasteiger charge is -1.97. The van der Waals surface area contributed by atoms with Crippen LogP contribution in [0.2, 0.25) is 0 Å². The minimum absolute atomic E-state index is 0.592. The van der Waals surface area contributed by atoms with Gasteiger partial charge < -0.3 is 14.9 Å². The van der Waals surface area contributed by atoms with Gasteiger partial charge in [-0.1, -0.05) is 13.8 Å². The fourth-order valence-corrected chi connectivity index (χ4v) is 1.49. The molecule has 2 rings (SSSR count). The number of hydrogen-bond donors (Lipinski definition) is 1. The van der Waals surface area contributed by atoms with Crippen molar-refractivity contribution in [1.29, 1.82) is 5.26 Å². The summed E-state index contributed by atoms with van der Waals surface area (Å²) in [6.45, 7) is 6.63. The maximum atomic E-state index is 8.20. The van der Waals surface area contributed by atoms with Crippen LogP contribution in [-0.2, 0) is 13.1 Å². The van der Waals surface area contributed by atoms with Crippen molar-refractivity contribution in [3.05, 3.63) is 49.1 Å². The maximum Gasteiger partial charge on any atom is 0.0640 e. The maximum absolute atomic E-state index is 8.20. The standard InChI is InChI=1S/C7H12N2.C7H8N2.C2H6/c2*8-4-3-7-9-5-1-2-6-9;1-2/h1-2,5-6H,3-4,7-8H2;1-2,5-6H,3,7H2;1-2H3. The minimum Gasteiger partial charge on any atom is -0.354 e. The van der Waals surface area contributed by atoms with E-state index in [1.807, 2.05) is 55.1 Å². The summed E-state index contributed by atoms with van der Waals surface area (Å²) in [5, 5.41) is 8.20. The van der Waals surface area contributed by atoms with Crippen LogP contribution in [0, 0.1) is 11.3 Å². The number of hydrogen-bond acceptors (Lipinski definition) is 2. The Kier molecular flexibility index (Phi) is 12.1. The Balaban J connectivity index is 0.000000321. The van der Waals surface area contributed by atoms with Gasteiger partial charge in [0.05, 0.1) is 12.5 Å². The number of aryl methyl sites for hydroxylation is 2. The van der Waals surface area contributed by atoms with Gasteiger partial charge in [-0.05, 0) is 37.2 Å². The van der Waals surface area contributed by atoms with Crippen LogP contribution in [0.4, 0.5) is 0 Å². The molecule has 0 amide bonds. The van der Waals surface area contributed by atoms with Gasteiger partial charge in [-0.25, -0.2) is 0 Å². The van der Waals surface area contributed by atoms with Gasteiger partial charge in [-0.2, -0.15) is 5.26 Å². The SMILES string of the molecule is CC.N#CCCn1cccc1.NCCCn1cccc1. The Morgan fingerprint density at radius 2 is 1.35 bits per heavy atom. The second-order valence-electron chi connectivity index (χ2n) is 3.89. The number of aromatic nitrogens is 2. The van der Waals surface area contributed by atoms with E-state index < -0.39 is 0 Å². The number of nitrogens with zero attached hydrogens (tertiary/aromatic N) is 3. The molecular formula is C16H26N4. The van der Waals surface area contributed by atoms with Crippen molar-refractivity contribution < 1.29 is 0 Å². The summed E-state index contributed by atoms with van der Waals surface area (Å²) < 4.78 is 4.12. The first-order chi connectivity index (χ1) is 9.86. The van der Waals surface area contributed by atoms with Crippen LogP contribution < -0.4 is 5.73 Å². The second-order valence-corrected chi connectivity index (χ2v) is 3.89. The molecule has 2 heterocycles. The third-order valence-corrected chi connectivity index (χ3v) is 2.43. The molecule has 4 nitrogen and oxygen atoms in total. The van der Waals surface area contributed by atoms with E-state index in [9.17, 15) is 0 Å². The first-order valence-corrected chi connectivity index (χ1v) is 7.15. The fraction of sp³-hybridized carbons (Fsp3) is 0.438. The zero-order valence-corrected chi connectivity index (χ0v) is 12.6. The number of rotatable bonds is 5. The first-order valence-electron chi connectivity index (χ1n) is 7.15. The van der Waals surface area contributed by atoms with Gasteiger partial charge in [0.15, 0.2) is 0 Å². The molecule has 0 aliphatic carbocycles. The van der Waals surface area contributed by atoms with Gasteiger partial charge in [-0.3, -0.25) is 0 Å². The number of nitrogens with two attached hydrogens (primary N) is 1. The monoisotopic (exact) mass is 274 g/mol. The average Bonchev–Trinajstić information content (AvgIpc) is 3.19. The number of nitriles is 1. The second kappa shape index (κ2) is 13.4. The van der Waals surface area contributed by atoms with Gasteiger partial charge in [-0.15, -0.1) is 0 Å². The molecule has 0 aromatic carbocycles. The predicted molar refractivity (Wildman–Crippen MR) is 84.1 cm³/mol. The molecule has 2 aromatic rings. The molecule has 110 valence electrons. The van der Waals surface area contributed by atoms with E-state index in [1.165, 1.54) is 0 Å². The third-order valence-electron chi connectivity index (χ3n) is 2.43. The first kappa shape index (κ1) is 18.0. The van der Waals surface area contributed by atoms with Crippen molar-refractivity contribution >= 4 is 0 Å². The van der Waals surface area contributed by atoms with Crippen LogP contribution in [0.5, 0.6) is 0 Å². The molecule has 4 heteroatoms. The molecule has 0 saturated heterocycles. The minimum atomic E-state index is 0.592. The average molecular weight is 274 g/mol. The van der Waals surface area contributed by atoms with E-state index >= 15 is 0 Å². The molecule has 20 heavy (non-hydrogen) atoms. The van der Waals surface area contributed by atoms with E-state index in [0.29, 0.717) is 6.42 Å². The van der Waals surface area contributed by atoms with Gasteiger partial charge >= 0.3 is 0 Å². The van der Waals surface area contributed by atoms with Crippen LogP contribution in [0.25, 0.3) is 0 Å². The lowest BCUT2D eigenvalue weighted by molar-refractivity contribution is 0.654. The Hall–Kier alpha value is -1.99. The van der Waals surface area contributed by atoms with Gasteiger partial charge in [0, 0.05) is 37.9 Å². The zero-order valence-electron chi connectivity index (χ0n) is 12.6. The Bertz CT molecular complexity index is 423. The largest absolute Gasteiger partial charge is 0.354 e. The Morgan fingerprint density at radius 1 is 0.900 bits per heavy atom. The van der Waals surface area contributed by atoms with Crippen LogP contribution in [0.15, 0.2) is 49.1 Å². The smallest absolute Gasteiger partial charge is 0.0640 e. The molecule has 0 radical (unpaired) electrons. The topological polar surface area (TPSA) is 59.7 Å². The summed E-state index contributed by atoms with van der Waals surface area (Å²) in [6.07, 6.45) is 9.67. The summed E-state index contributed by atoms with van der Waals surface area (Å²) in [6, 6.07) is 10.0. The van der Waals surface area contributed by atoms with Crippen LogP contribution >= 0.6 is 0 Å². The van der Waals surface area contributed by atoms with Crippen molar-refractivity contribution in [2.45, 2.75) is 39.8 Å². The summed E-state index contributed by atoms with van der Waals surface area (Å²) in [5.74, 6) is 0. The highest BCUT2D eigenvalue weighted by Gasteiger charge is 1.85. The Labute approximate surface area is 122 Å². The molecule has 0 atom stereocenters. The summed E-state index contributed by atoms with van der Waals surface area (Å²) in [5.41, 5.74) is 5.33. The van der Waals surface area contributed by atoms with E-state index in [1.54, 1.807) is 0 Å². The van der Waals surface area contributed by atoms with E-state index in [0.717, 1.165) is 26.1 Å². The summed E-state index contributed by atoms with van der Waals surface area (Å²) >= 11 is 0. The molecular weight excluding hydrogens is 248 g/mol. The molecule has 0 saturated carbocycles. The van der Waals surface area contributed by atoms with Crippen molar-refractivity contribution in [2.75, 3.05) is 6.54 Å². The molecule has 0 bridgehead atoms. The molecule has 0 aliphatic rings. The lowest BCUT2D eigenvalue weighted by Crippen LogP contribution is -2.03. The van der Waals surface area contributed by atoms with Crippen molar-refractivity contribution in [2.24, 2.45) is 5.73 Å². The highest BCUT2D eigenvalue weighted by Crippen LogP contribution is 1.91. The summed E-state index contributed by atoms with van der Waals surface area (Å²) in [7, 11) is 0. The molecule has 0 spiro atoms. The van der Waals surface area contributed by atoms with Gasteiger partial charge in [0.2, 0.25) is 0 Å². The van der Waals surface area contributed by atoms with Crippen molar-refractivity contribution in [3.63, 3.8) is 0 Å². The van der Waals surface area contributed by atoms with E-state index in [2.05, 4.69) is 23.0 Å². The zero-order chi connectivity index (χ0) is 15.1. The normalized spacial score (nSPS) is 8.70. The predicted octanol–water partition coefficient (Wildman–Crippen LogP) is 3.26. The molecule has 0 aliphatic heterocycles. The van der Waals surface area contributed by atoms with Crippen LogP contribution in [0.3, 0.4) is 0 Å². The quantitative estimate of drug-likeness (QED) is 0.909. The lowest BCUT2D eigenvalue weighted by atomic mass is 10.4. The van der Waals surface area contributed by atoms with Gasteiger partial charge in [0.25, 0.3) is 0 Å². The molecule has 2 aromatic heterocycles. The summed E-state index contributed by atoms with van der Waals surface area (Å²) in [4.78, 5) is 0. The fourth-order valence-electron chi connectivity index (χ4n) is 1.49.